The van der Waals surface area contributed by atoms with Gasteiger partial charge in [0.15, 0.2) is 0 Å². The van der Waals surface area contributed by atoms with Crippen molar-refractivity contribution >= 4 is 23.1 Å². The number of benzene rings is 1. The van der Waals surface area contributed by atoms with Gasteiger partial charge in [0.2, 0.25) is 0 Å². The van der Waals surface area contributed by atoms with Crippen LogP contribution in [0.4, 0.5) is 15.8 Å². The highest BCUT2D eigenvalue weighted by atomic mass is 32.2. The molecule has 0 bridgehead atoms. The molecule has 1 saturated heterocycles. The molecule has 1 N–H and O–H groups in total. The molecule has 0 saturated carbocycles. The van der Waals surface area contributed by atoms with Crippen molar-refractivity contribution in [3.05, 3.63) is 34.1 Å². The molecule has 18 heavy (non-hydrogen) atoms. The van der Waals surface area contributed by atoms with Crippen molar-refractivity contribution < 1.29 is 9.31 Å². The number of anilines is 1. The summed E-state index contributed by atoms with van der Waals surface area (Å²) in [5.74, 6) is 0.545. The van der Waals surface area contributed by atoms with Crippen molar-refractivity contribution in [1.82, 2.24) is 0 Å². The monoisotopic (exact) mass is 270 g/mol. The van der Waals surface area contributed by atoms with Crippen LogP contribution in [0, 0.1) is 15.9 Å². The molecule has 0 spiro atoms. The number of halogens is 1. The van der Waals surface area contributed by atoms with Crippen molar-refractivity contribution in [2.75, 3.05) is 11.1 Å². The van der Waals surface area contributed by atoms with Crippen LogP contribution >= 0.6 is 11.8 Å². The van der Waals surface area contributed by atoms with Crippen molar-refractivity contribution in [2.45, 2.75) is 31.1 Å². The van der Waals surface area contributed by atoms with Gasteiger partial charge in [0.1, 0.15) is 11.5 Å². The zero-order chi connectivity index (χ0) is 13.1. The number of hydrogen-bond acceptors (Lipinski definition) is 4. The Morgan fingerprint density at radius 2 is 2.33 bits per heavy atom. The van der Waals surface area contributed by atoms with Crippen LogP contribution < -0.4 is 5.32 Å². The molecule has 4 nitrogen and oxygen atoms in total. The molecule has 0 radical (unpaired) electrons. The predicted octanol–water partition coefficient (Wildman–Crippen LogP) is 3.43. The van der Waals surface area contributed by atoms with Crippen LogP contribution in [0.3, 0.4) is 0 Å². The molecule has 1 aromatic carbocycles. The molecule has 98 valence electrons. The maximum Gasteiger partial charge on any atom is 0.295 e. The summed E-state index contributed by atoms with van der Waals surface area (Å²) in [5.41, 5.74) is 0.207. The highest BCUT2D eigenvalue weighted by molar-refractivity contribution is 8.00. The lowest BCUT2D eigenvalue weighted by molar-refractivity contribution is -0.384. The van der Waals surface area contributed by atoms with Gasteiger partial charge < -0.3 is 5.32 Å². The van der Waals surface area contributed by atoms with Gasteiger partial charge in [-0.05, 0) is 30.7 Å². The van der Waals surface area contributed by atoms with Crippen LogP contribution in [0.25, 0.3) is 0 Å². The maximum absolute atomic E-state index is 13.0. The Morgan fingerprint density at radius 3 is 3.00 bits per heavy atom. The van der Waals surface area contributed by atoms with E-state index >= 15 is 0 Å². The van der Waals surface area contributed by atoms with Gasteiger partial charge in [-0.25, -0.2) is 4.39 Å². The van der Waals surface area contributed by atoms with E-state index in [9.17, 15) is 14.5 Å². The first-order valence-electron chi connectivity index (χ1n) is 5.90. The fraction of sp³-hybridized carbons (Fsp3) is 0.500. The Morgan fingerprint density at radius 1 is 1.56 bits per heavy atom. The highest BCUT2D eigenvalue weighted by Crippen LogP contribution is 2.31. The van der Waals surface area contributed by atoms with Gasteiger partial charge in [0.05, 0.1) is 11.0 Å². The van der Waals surface area contributed by atoms with E-state index in [0.717, 1.165) is 24.7 Å². The van der Waals surface area contributed by atoms with Crippen molar-refractivity contribution in [3.63, 3.8) is 0 Å². The zero-order valence-electron chi connectivity index (χ0n) is 10.1. The summed E-state index contributed by atoms with van der Waals surface area (Å²) in [5, 5.41) is 14.5. The second kappa shape index (κ2) is 5.56. The number of nitro benzene ring substituents is 1. The second-order valence-corrected chi connectivity index (χ2v) is 5.87. The van der Waals surface area contributed by atoms with E-state index < -0.39 is 10.7 Å². The molecule has 2 atom stereocenters. The summed E-state index contributed by atoms with van der Waals surface area (Å²) in [4.78, 5) is 10.3. The second-order valence-electron chi connectivity index (χ2n) is 4.39. The van der Waals surface area contributed by atoms with E-state index in [4.69, 9.17) is 0 Å². The SMILES string of the molecule is CC1SCCCC1Nc1ccc(F)cc1[N+](=O)[O-]. The van der Waals surface area contributed by atoms with Gasteiger partial charge >= 0.3 is 0 Å². The van der Waals surface area contributed by atoms with Gasteiger partial charge in [-0.15, -0.1) is 0 Å². The fourth-order valence-corrected chi connectivity index (χ4v) is 3.23. The summed E-state index contributed by atoms with van der Waals surface area (Å²) in [6.07, 6.45) is 2.09. The molecule has 0 aromatic heterocycles. The average Bonchev–Trinajstić information content (AvgIpc) is 2.34. The number of thioether (sulfide) groups is 1. The Bertz CT molecular complexity index is 456. The summed E-state index contributed by atoms with van der Waals surface area (Å²) in [6.45, 7) is 2.11. The van der Waals surface area contributed by atoms with Crippen molar-refractivity contribution in [1.29, 1.82) is 0 Å². The quantitative estimate of drug-likeness (QED) is 0.675. The maximum atomic E-state index is 13.0. The summed E-state index contributed by atoms with van der Waals surface area (Å²) in [6, 6.07) is 3.85. The molecular formula is C12H15FN2O2S. The molecule has 2 unspecified atom stereocenters. The van der Waals surface area contributed by atoms with Gasteiger partial charge in [-0.2, -0.15) is 11.8 Å². The summed E-state index contributed by atoms with van der Waals surface area (Å²) in [7, 11) is 0. The first-order chi connectivity index (χ1) is 8.58. The minimum atomic E-state index is -0.585. The van der Waals surface area contributed by atoms with E-state index in [0.29, 0.717) is 10.9 Å². The molecule has 2 rings (SSSR count). The fourth-order valence-electron chi connectivity index (χ4n) is 2.09. The van der Waals surface area contributed by atoms with Gasteiger partial charge in [-0.1, -0.05) is 6.92 Å². The first kappa shape index (κ1) is 13.1. The molecule has 0 aliphatic carbocycles. The molecule has 1 fully saturated rings. The largest absolute Gasteiger partial charge is 0.376 e. The van der Waals surface area contributed by atoms with Crippen LogP contribution in [0.1, 0.15) is 19.8 Å². The minimum absolute atomic E-state index is 0.197. The molecule has 6 heteroatoms. The van der Waals surface area contributed by atoms with E-state index in [2.05, 4.69) is 12.2 Å². The Balaban J connectivity index is 2.20. The van der Waals surface area contributed by atoms with E-state index in [1.54, 1.807) is 0 Å². The zero-order valence-corrected chi connectivity index (χ0v) is 10.9. The number of nitro groups is 1. The van der Waals surface area contributed by atoms with Crippen LogP contribution in [0.2, 0.25) is 0 Å². The third-order valence-electron chi connectivity index (χ3n) is 3.10. The van der Waals surface area contributed by atoms with Crippen LogP contribution in [-0.4, -0.2) is 22.0 Å². The molecule has 1 aliphatic heterocycles. The molecule has 1 heterocycles. The van der Waals surface area contributed by atoms with Gasteiger partial charge in [-0.3, -0.25) is 10.1 Å². The van der Waals surface area contributed by atoms with E-state index in [1.165, 1.54) is 12.1 Å². The Labute approximate surface area is 109 Å². The number of rotatable bonds is 3. The van der Waals surface area contributed by atoms with Crippen LogP contribution in [0.15, 0.2) is 18.2 Å². The average molecular weight is 270 g/mol. The predicted molar refractivity (Wildman–Crippen MR) is 71.6 cm³/mol. The topological polar surface area (TPSA) is 55.2 Å². The normalized spacial score (nSPS) is 23.7. The van der Waals surface area contributed by atoms with Crippen LogP contribution in [0.5, 0.6) is 0 Å². The van der Waals surface area contributed by atoms with E-state index in [-0.39, 0.29) is 11.7 Å². The van der Waals surface area contributed by atoms with Crippen molar-refractivity contribution in [2.24, 2.45) is 0 Å². The number of hydrogen-bond donors (Lipinski definition) is 1. The lowest BCUT2D eigenvalue weighted by atomic mass is 10.1. The van der Waals surface area contributed by atoms with Gasteiger partial charge in [0, 0.05) is 11.3 Å². The number of nitrogens with zero attached hydrogens (tertiary/aromatic N) is 1. The third-order valence-corrected chi connectivity index (χ3v) is 4.48. The summed E-state index contributed by atoms with van der Waals surface area (Å²) < 4.78 is 13.0. The van der Waals surface area contributed by atoms with E-state index in [1.807, 2.05) is 11.8 Å². The molecule has 0 amide bonds. The third kappa shape index (κ3) is 2.93. The standard InChI is InChI=1S/C12H15FN2O2S/c1-8-10(3-2-6-18-8)14-11-5-4-9(13)7-12(11)15(16)17/h4-5,7-8,10,14H,2-3,6H2,1H3. The van der Waals surface area contributed by atoms with Crippen LogP contribution in [-0.2, 0) is 0 Å². The summed E-state index contributed by atoms with van der Waals surface area (Å²) >= 11 is 1.86. The molecule has 1 aliphatic rings. The minimum Gasteiger partial charge on any atom is -0.376 e. The number of nitrogens with one attached hydrogen (secondary N) is 1. The highest BCUT2D eigenvalue weighted by Gasteiger charge is 2.24. The lowest BCUT2D eigenvalue weighted by Gasteiger charge is -2.29. The van der Waals surface area contributed by atoms with Crippen molar-refractivity contribution in [3.8, 4) is 0 Å². The van der Waals surface area contributed by atoms with Gasteiger partial charge in [0.25, 0.3) is 5.69 Å². The Hall–Kier alpha value is -1.30. The molecule has 1 aromatic rings. The lowest BCUT2D eigenvalue weighted by Crippen LogP contribution is -2.33. The molecular weight excluding hydrogens is 255 g/mol. The first-order valence-corrected chi connectivity index (χ1v) is 6.95. The Kier molecular flexibility index (Phi) is 4.06. The smallest absolute Gasteiger partial charge is 0.295 e.